The van der Waals surface area contributed by atoms with Crippen LogP contribution in [0.5, 0.6) is 0 Å². The molecule has 1 atom stereocenters. The van der Waals surface area contributed by atoms with Crippen molar-refractivity contribution in [2.24, 2.45) is 0 Å². The van der Waals surface area contributed by atoms with E-state index in [1.165, 1.54) is 29.7 Å². The van der Waals surface area contributed by atoms with Crippen molar-refractivity contribution >= 4 is 11.8 Å². The number of carbonyl (C=O) groups excluding carboxylic acids is 2. The zero-order chi connectivity index (χ0) is 19.3. The highest BCUT2D eigenvalue weighted by Crippen LogP contribution is 2.20. The number of rotatable bonds is 7. The Morgan fingerprint density at radius 2 is 1.58 bits per heavy atom. The molecule has 0 N–H and O–H groups in total. The van der Waals surface area contributed by atoms with E-state index in [1.807, 2.05) is 20.8 Å². The Morgan fingerprint density at radius 3 is 1.92 bits per heavy atom. The van der Waals surface area contributed by atoms with Crippen molar-refractivity contribution in [1.29, 1.82) is 0 Å². The van der Waals surface area contributed by atoms with E-state index in [0.717, 1.165) is 0 Å². The first-order valence-electron chi connectivity index (χ1n) is 8.44. The highest BCUT2D eigenvalue weighted by Gasteiger charge is 2.33. The molecule has 0 aliphatic rings. The summed E-state index contributed by atoms with van der Waals surface area (Å²) in [6, 6.07) is -0.402. The number of halogens is 2. The summed E-state index contributed by atoms with van der Waals surface area (Å²) in [6.45, 7) is 13.9. The number of carbonyl (C=O) groups is 2. The molecule has 0 rings (SSSR count). The minimum atomic E-state index is -1.98. The molecule has 0 aliphatic heterocycles. The van der Waals surface area contributed by atoms with Crippen LogP contribution in [-0.4, -0.2) is 52.0 Å². The Bertz CT molecular complexity index is 476. The highest BCUT2D eigenvalue weighted by molar-refractivity contribution is 5.91. The average molecular weight is 346 g/mol. The summed E-state index contributed by atoms with van der Waals surface area (Å²) in [7, 11) is 0. The summed E-state index contributed by atoms with van der Waals surface area (Å²) >= 11 is 0. The van der Waals surface area contributed by atoms with Crippen LogP contribution in [0.4, 0.5) is 8.78 Å². The molecule has 24 heavy (non-hydrogen) atoms. The van der Waals surface area contributed by atoms with Gasteiger partial charge in [0.05, 0.1) is 0 Å². The van der Waals surface area contributed by atoms with Crippen LogP contribution in [0.25, 0.3) is 0 Å². The lowest BCUT2D eigenvalue weighted by atomic mass is 10.1. The van der Waals surface area contributed by atoms with Gasteiger partial charge in [-0.25, -0.2) is 8.78 Å². The van der Waals surface area contributed by atoms with E-state index in [4.69, 9.17) is 0 Å². The van der Waals surface area contributed by atoms with Gasteiger partial charge in [-0.2, -0.15) is 0 Å². The van der Waals surface area contributed by atoms with Crippen LogP contribution in [0.1, 0.15) is 61.8 Å². The van der Waals surface area contributed by atoms with E-state index < -0.39 is 34.9 Å². The lowest BCUT2D eigenvalue weighted by molar-refractivity contribution is -0.143. The van der Waals surface area contributed by atoms with Crippen molar-refractivity contribution in [1.82, 2.24) is 9.80 Å². The molecule has 6 heteroatoms. The molecule has 0 fully saturated rings. The van der Waals surface area contributed by atoms with E-state index in [1.54, 1.807) is 20.8 Å². The van der Waals surface area contributed by atoms with Crippen LogP contribution < -0.4 is 0 Å². The lowest BCUT2D eigenvalue weighted by Gasteiger charge is -2.34. The van der Waals surface area contributed by atoms with E-state index in [-0.39, 0.29) is 6.42 Å². The second-order valence-electron chi connectivity index (χ2n) is 7.42. The molecule has 140 valence electrons. The second kappa shape index (κ2) is 8.58. The summed E-state index contributed by atoms with van der Waals surface area (Å²) in [5.41, 5.74) is -2.46. The number of hydrogen-bond acceptors (Lipinski definition) is 2. The van der Waals surface area contributed by atoms with Crippen LogP contribution in [-0.2, 0) is 9.59 Å². The molecule has 0 aromatic rings. The topological polar surface area (TPSA) is 40.6 Å². The van der Waals surface area contributed by atoms with Crippen molar-refractivity contribution in [2.45, 2.75) is 79.1 Å². The molecule has 0 spiro atoms. The molecule has 0 heterocycles. The standard InChI is InChI=1S/C18H32F2N2O2/c1-9-21(16(24)18(7,8)20)13(3)11-12-14(19)15(23)22(10-2)17(4,5)6/h12-13H,9-11H2,1-8H3/b14-12-. The third kappa shape index (κ3) is 6.21. The van der Waals surface area contributed by atoms with Gasteiger partial charge in [-0.05, 0) is 67.9 Å². The van der Waals surface area contributed by atoms with E-state index >= 15 is 0 Å². The first-order chi connectivity index (χ1) is 10.8. The third-order valence-electron chi connectivity index (χ3n) is 3.86. The van der Waals surface area contributed by atoms with Gasteiger partial charge in [0.25, 0.3) is 11.8 Å². The zero-order valence-electron chi connectivity index (χ0n) is 16.2. The summed E-state index contributed by atoms with van der Waals surface area (Å²) in [5.74, 6) is -2.15. The number of likely N-dealkylation sites (N-methyl/N-ethyl adjacent to an activating group) is 1. The van der Waals surface area contributed by atoms with Gasteiger partial charge in [0.15, 0.2) is 11.5 Å². The number of amides is 2. The highest BCUT2D eigenvalue weighted by atomic mass is 19.1. The fraction of sp³-hybridized carbons (Fsp3) is 0.778. The number of alkyl halides is 1. The SMILES string of the molecule is CCN(C(=O)C(C)(C)F)C(C)C/C=C(\F)C(=O)N(CC)C(C)(C)C. The maximum Gasteiger partial charge on any atom is 0.282 e. The first-order valence-corrected chi connectivity index (χ1v) is 8.44. The zero-order valence-corrected chi connectivity index (χ0v) is 16.2. The summed E-state index contributed by atoms with van der Waals surface area (Å²) in [4.78, 5) is 27.1. The molecular weight excluding hydrogens is 314 g/mol. The van der Waals surface area contributed by atoms with Crippen molar-refractivity contribution in [2.75, 3.05) is 13.1 Å². The quantitative estimate of drug-likeness (QED) is 0.657. The molecule has 2 amide bonds. The predicted molar refractivity (Wildman–Crippen MR) is 93.0 cm³/mol. The number of hydrogen-bond donors (Lipinski definition) is 0. The molecule has 0 saturated carbocycles. The van der Waals surface area contributed by atoms with Crippen molar-refractivity contribution in [3.8, 4) is 0 Å². The van der Waals surface area contributed by atoms with Gasteiger partial charge in [-0.15, -0.1) is 0 Å². The summed E-state index contributed by atoms with van der Waals surface area (Å²) < 4.78 is 28.1. The minimum Gasteiger partial charge on any atom is -0.337 e. The van der Waals surface area contributed by atoms with Crippen LogP contribution >= 0.6 is 0 Å². The van der Waals surface area contributed by atoms with Crippen LogP contribution in [0.15, 0.2) is 11.9 Å². The molecule has 0 bridgehead atoms. The fourth-order valence-corrected chi connectivity index (χ4v) is 2.54. The van der Waals surface area contributed by atoms with Gasteiger partial charge in [-0.3, -0.25) is 9.59 Å². The largest absolute Gasteiger partial charge is 0.337 e. The monoisotopic (exact) mass is 346 g/mol. The van der Waals surface area contributed by atoms with E-state index in [9.17, 15) is 18.4 Å². The van der Waals surface area contributed by atoms with Gasteiger partial charge < -0.3 is 9.80 Å². The molecule has 0 radical (unpaired) electrons. The van der Waals surface area contributed by atoms with Gasteiger partial charge >= 0.3 is 0 Å². The Labute approximate surface area is 144 Å². The first kappa shape index (κ1) is 22.5. The van der Waals surface area contributed by atoms with E-state index in [0.29, 0.717) is 13.1 Å². The van der Waals surface area contributed by atoms with Crippen LogP contribution in [0, 0.1) is 0 Å². The van der Waals surface area contributed by atoms with Gasteiger partial charge in [0.1, 0.15) is 0 Å². The third-order valence-corrected chi connectivity index (χ3v) is 3.86. The van der Waals surface area contributed by atoms with E-state index in [2.05, 4.69) is 0 Å². The van der Waals surface area contributed by atoms with Crippen molar-refractivity contribution in [3.05, 3.63) is 11.9 Å². The fourth-order valence-electron chi connectivity index (χ4n) is 2.54. The average Bonchev–Trinajstić information content (AvgIpc) is 2.43. The Morgan fingerprint density at radius 1 is 1.08 bits per heavy atom. The Kier molecular flexibility index (Phi) is 8.06. The van der Waals surface area contributed by atoms with Crippen molar-refractivity contribution < 1.29 is 18.4 Å². The molecular formula is C18H32F2N2O2. The molecule has 1 unspecified atom stereocenters. The Balaban J connectivity index is 5.10. The smallest absolute Gasteiger partial charge is 0.282 e. The number of nitrogens with zero attached hydrogens (tertiary/aromatic N) is 2. The lowest BCUT2D eigenvalue weighted by Crippen LogP contribution is -2.47. The van der Waals surface area contributed by atoms with Gasteiger partial charge in [-0.1, -0.05) is 0 Å². The minimum absolute atomic E-state index is 0.148. The Hall–Kier alpha value is -1.46. The molecule has 4 nitrogen and oxygen atoms in total. The maximum atomic E-state index is 14.2. The second-order valence-corrected chi connectivity index (χ2v) is 7.42. The van der Waals surface area contributed by atoms with Gasteiger partial charge in [0, 0.05) is 24.7 Å². The molecule has 0 saturated heterocycles. The van der Waals surface area contributed by atoms with Crippen LogP contribution in [0.2, 0.25) is 0 Å². The molecule has 0 aromatic heterocycles. The summed E-state index contributed by atoms with van der Waals surface area (Å²) in [5, 5.41) is 0. The molecule has 0 aliphatic carbocycles. The van der Waals surface area contributed by atoms with Crippen molar-refractivity contribution in [3.63, 3.8) is 0 Å². The van der Waals surface area contributed by atoms with Gasteiger partial charge in [0.2, 0.25) is 0 Å². The predicted octanol–water partition coefficient (Wildman–Crippen LogP) is 3.86. The summed E-state index contributed by atoms with van der Waals surface area (Å²) in [6.07, 6.45) is 1.33. The van der Waals surface area contributed by atoms with Crippen LogP contribution in [0.3, 0.4) is 0 Å². The maximum absolute atomic E-state index is 14.2. The normalized spacial score (nSPS) is 14.3. The molecule has 0 aromatic carbocycles.